The maximum absolute atomic E-state index is 6.01. The second-order valence-electron chi connectivity index (χ2n) is 6.17. The van der Waals surface area contributed by atoms with E-state index in [1.54, 1.807) is 17.6 Å². The van der Waals surface area contributed by atoms with Gasteiger partial charge in [-0.3, -0.25) is 0 Å². The van der Waals surface area contributed by atoms with Crippen molar-refractivity contribution in [2.45, 2.75) is 6.61 Å². The molecule has 6 heteroatoms. The molecule has 136 valence electrons. The monoisotopic (exact) mass is 385 g/mol. The predicted octanol–water partition coefficient (Wildman–Crippen LogP) is 5.59. The number of benzene rings is 2. The van der Waals surface area contributed by atoms with Crippen molar-refractivity contribution in [2.75, 3.05) is 0 Å². The Morgan fingerprint density at radius 2 is 1.64 bits per heavy atom. The number of hydrogen-bond donors (Lipinski definition) is 0. The van der Waals surface area contributed by atoms with Gasteiger partial charge in [-0.15, -0.1) is 11.3 Å². The van der Waals surface area contributed by atoms with Crippen molar-refractivity contribution in [3.63, 3.8) is 0 Å². The summed E-state index contributed by atoms with van der Waals surface area (Å²) in [6.45, 7) is 0.270. The van der Waals surface area contributed by atoms with Crippen molar-refractivity contribution < 1.29 is 9.15 Å². The predicted molar refractivity (Wildman–Crippen MR) is 109 cm³/mol. The van der Waals surface area contributed by atoms with Gasteiger partial charge in [-0.25, -0.2) is 15.0 Å². The summed E-state index contributed by atoms with van der Waals surface area (Å²) in [6, 6.07) is 20.0. The molecule has 0 N–H and O–H groups in total. The van der Waals surface area contributed by atoms with Gasteiger partial charge in [0.1, 0.15) is 29.7 Å². The lowest BCUT2D eigenvalue weighted by Gasteiger charge is -2.06. The van der Waals surface area contributed by atoms with E-state index in [1.807, 2.05) is 48.5 Å². The van der Waals surface area contributed by atoms with Crippen LogP contribution in [-0.2, 0) is 6.61 Å². The van der Waals surface area contributed by atoms with Gasteiger partial charge in [0, 0.05) is 16.5 Å². The summed E-state index contributed by atoms with van der Waals surface area (Å²) in [6.07, 6.45) is 3.15. The molecule has 0 bridgehead atoms. The highest BCUT2D eigenvalue weighted by Gasteiger charge is 2.15. The van der Waals surface area contributed by atoms with E-state index in [0.717, 1.165) is 26.9 Å². The normalized spacial score (nSPS) is 11.0. The van der Waals surface area contributed by atoms with Crippen molar-refractivity contribution in [2.24, 2.45) is 0 Å². The highest BCUT2D eigenvalue weighted by Crippen LogP contribution is 2.37. The Bertz CT molecular complexity index is 1220. The molecule has 0 atom stereocenters. The van der Waals surface area contributed by atoms with Gasteiger partial charge in [0.15, 0.2) is 0 Å². The van der Waals surface area contributed by atoms with Crippen LogP contribution in [0.5, 0.6) is 5.88 Å². The number of oxazole rings is 1. The molecule has 0 saturated carbocycles. The summed E-state index contributed by atoms with van der Waals surface area (Å²) in [5, 5.41) is 3.01. The minimum atomic E-state index is 0.270. The maximum atomic E-state index is 6.01. The first-order chi connectivity index (χ1) is 13.9. The Kier molecular flexibility index (Phi) is 4.31. The summed E-state index contributed by atoms with van der Waals surface area (Å²) in [5.41, 5.74) is 3.83. The molecule has 0 radical (unpaired) electrons. The quantitative estimate of drug-likeness (QED) is 0.394. The molecular formula is C22H15N3O2S. The number of thiophene rings is 1. The van der Waals surface area contributed by atoms with Gasteiger partial charge in [0.05, 0.1) is 5.39 Å². The Morgan fingerprint density at radius 3 is 2.43 bits per heavy atom. The molecule has 0 unspecified atom stereocenters. The first kappa shape index (κ1) is 16.6. The highest BCUT2D eigenvalue weighted by atomic mass is 32.1. The third kappa shape index (κ3) is 3.14. The lowest BCUT2D eigenvalue weighted by atomic mass is 10.1. The van der Waals surface area contributed by atoms with Crippen LogP contribution in [0.25, 0.3) is 32.8 Å². The molecule has 3 aromatic heterocycles. The first-order valence-corrected chi connectivity index (χ1v) is 9.67. The highest BCUT2D eigenvalue weighted by molar-refractivity contribution is 7.17. The largest absolute Gasteiger partial charge is 0.470 e. The summed E-state index contributed by atoms with van der Waals surface area (Å²) >= 11 is 1.58. The zero-order chi connectivity index (χ0) is 18.8. The lowest BCUT2D eigenvalue weighted by Crippen LogP contribution is -1.99. The molecule has 5 nitrogen and oxygen atoms in total. The molecule has 2 aromatic carbocycles. The van der Waals surface area contributed by atoms with Crippen molar-refractivity contribution in [1.82, 2.24) is 15.0 Å². The van der Waals surface area contributed by atoms with Crippen molar-refractivity contribution >= 4 is 21.6 Å². The number of hydrogen-bond acceptors (Lipinski definition) is 6. The van der Waals surface area contributed by atoms with Crippen LogP contribution in [0.2, 0.25) is 0 Å². The van der Waals surface area contributed by atoms with Crippen LogP contribution >= 0.6 is 11.3 Å². The molecule has 5 aromatic rings. The summed E-state index contributed by atoms with van der Waals surface area (Å²) < 4.78 is 11.6. The fourth-order valence-electron chi connectivity index (χ4n) is 3.02. The molecule has 0 aliphatic carbocycles. The van der Waals surface area contributed by atoms with E-state index in [4.69, 9.17) is 9.15 Å². The molecule has 0 aliphatic heterocycles. The minimum absolute atomic E-state index is 0.270. The summed E-state index contributed by atoms with van der Waals surface area (Å²) in [7, 11) is 0. The number of aromatic nitrogens is 3. The fraction of sp³-hybridized carbons (Fsp3) is 0.0455. The average molecular weight is 385 g/mol. The molecular weight excluding hydrogens is 370 g/mol. The van der Waals surface area contributed by atoms with Gasteiger partial charge in [-0.05, 0) is 17.7 Å². The molecule has 5 rings (SSSR count). The van der Waals surface area contributed by atoms with Crippen LogP contribution in [0.15, 0.2) is 83.1 Å². The van der Waals surface area contributed by atoms with Gasteiger partial charge in [0.2, 0.25) is 11.8 Å². The summed E-state index contributed by atoms with van der Waals surface area (Å²) in [4.78, 5) is 14.1. The molecule has 0 saturated heterocycles. The molecule has 0 amide bonds. The van der Waals surface area contributed by atoms with Crippen LogP contribution in [0, 0.1) is 0 Å². The first-order valence-electron chi connectivity index (χ1n) is 8.79. The second-order valence-corrected chi connectivity index (χ2v) is 7.03. The second kappa shape index (κ2) is 7.25. The molecule has 0 aliphatic rings. The van der Waals surface area contributed by atoms with Crippen LogP contribution in [0.1, 0.15) is 5.69 Å². The zero-order valence-electron chi connectivity index (χ0n) is 14.8. The van der Waals surface area contributed by atoms with E-state index >= 15 is 0 Å². The lowest BCUT2D eigenvalue weighted by molar-refractivity contribution is 0.293. The van der Waals surface area contributed by atoms with Crippen LogP contribution < -0.4 is 4.74 Å². The summed E-state index contributed by atoms with van der Waals surface area (Å²) in [5.74, 6) is 1.13. The standard InChI is InChI=1S/C22H15N3O2S/c1-3-7-15(8-4-1)18-13-28-22-19(18)21(23-14-24-22)27-12-17-11-26-20(25-17)16-9-5-2-6-10-16/h1-11,13-14H,12H2. The maximum Gasteiger partial charge on any atom is 0.226 e. The Balaban J connectivity index is 1.43. The zero-order valence-corrected chi connectivity index (χ0v) is 15.6. The van der Waals surface area contributed by atoms with E-state index in [-0.39, 0.29) is 6.61 Å². The molecule has 28 heavy (non-hydrogen) atoms. The van der Waals surface area contributed by atoms with Crippen LogP contribution in [0.4, 0.5) is 0 Å². The third-order valence-corrected chi connectivity index (χ3v) is 5.24. The van der Waals surface area contributed by atoms with Gasteiger partial charge < -0.3 is 9.15 Å². The fourth-order valence-corrected chi connectivity index (χ4v) is 3.92. The Labute approximate surface area is 165 Å². The number of fused-ring (bicyclic) bond motifs is 1. The van der Waals surface area contributed by atoms with E-state index in [1.165, 1.54) is 6.33 Å². The third-order valence-electron chi connectivity index (χ3n) is 4.35. The van der Waals surface area contributed by atoms with E-state index in [9.17, 15) is 0 Å². The topological polar surface area (TPSA) is 61.0 Å². The van der Waals surface area contributed by atoms with Crippen LogP contribution in [0.3, 0.4) is 0 Å². The van der Waals surface area contributed by atoms with Gasteiger partial charge in [0.25, 0.3) is 0 Å². The SMILES string of the molecule is c1ccc(-c2nc(COc3ncnc4scc(-c5ccccc5)c34)co2)cc1. The molecule has 3 heterocycles. The van der Waals surface area contributed by atoms with Gasteiger partial charge in [-0.1, -0.05) is 48.5 Å². The Hall–Kier alpha value is -3.51. The number of ether oxygens (including phenoxy) is 1. The molecule has 0 spiro atoms. The van der Waals surface area contributed by atoms with E-state index in [0.29, 0.717) is 17.5 Å². The minimum Gasteiger partial charge on any atom is -0.470 e. The van der Waals surface area contributed by atoms with Gasteiger partial charge >= 0.3 is 0 Å². The van der Waals surface area contributed by atoms with Crippen molar-refractivity contribution in [3.8, 4) is 28.5 Å². The van der Waals surface area contributed by atoms with Gasteiger partial charge in [-0.2, -0.15) is 0 Å². The number of nitrogens with zero attached hydrogens (tertiary/aromatic N) is 3. The Morgan fingerprint density at radius 1 is 0.893 bits per heavy atom. The smallest absolute Gasteiger partial charge is 0.226 e. The van der Waals surface area contributed by atoms with Crippen LogP contribution in [-0.4, -0.2) is 15.0 Å². The molecule has 0 fully saturated rings. The van der Waals surface area contributed by atoms with Crippen molar-refractivity contribution in [3.05, 3.63) is 84.3 Å². The van der Waals surface area contributed by atoms with E-state index in [2.05, 4.69) is 32.5 Å². The van der Waals surface area contributed by atoms with Crippen molar-refractivity contribution in [1.29, 1.82) is 0 Å². The van der Waals surface area contributed by atoms with E-state index < -0.39 is 0 Å². The number of rotatable bonds is 5. The average Bonchev–Trinajstić information content (AvgIpc) is 3.41.